The molecule has 0 aliphatic heterocycles. The maximum atomic E-state index is 11.5. The van der Waals surface area contributed by atoms with Crippen LogP contribution < -0.4 is 10.6 Å². The van der Waals surface area contributed by atoms with Crippen LogP contribution in [0.3, 0.4) is 0 Å². The van der Waals surface area contributed by atoms with E-state index in [0.29, 0.717) is 18.7 Å². The van der Waals surface area contributed by atoms with Crippen LogP contribution in [0, 0.1) is 6.92 Å². The molecule has 0 radical (unpaired) electrons. The summed E-state index contributed by atoms with van der Waals surface area (Å²) in [5.74, 6) is -0.729. The number of anilines is 1. The molecular weight excluding hydrogens is 250 g/mol. The fourth-order valence-electron chi connectivity index (χ4n) is 1.43. The summed E-state index contributed by atoms with van der Waals surface area (Å²) < 4.78 is 9.66. The highest BCUT2D eigenvalue weighted by molar-refractivity contribution is 6.39. The highest BCUT2D eigenvalue weighted by Crippen LogP contribution is 2.06. The highest BCUT2D eigenvalue weighted by atomic mass is 16.5. The highest BCUT2D eigenvalue weighted by Gasteiger charge is 2.14. The maximum Gasteiger partial charge on any atom is 0.314 e. The Balaban J connectivity index is 1.75. The Labute approximate surface area is 108 Å². The monoisotopic (exact) mass is 263 g/mol. The van der Waals surface area contributed by atoms with E-state index in [1.54, 1.807) is 25.5 Å². The number of furan rings is 1. The molecule has 2 amide bonds. The van der Waals surface area contributed by atoms with Crippen LogP contribution in [0.2, 0.25) is 0 Å². The van der Waals surface area contributed by atoms with E-state index < -0.39 is 11.8 Å². The average Bonchev–Trinajstić information content (AvgIpc) is 3.01. The van der Waals surface area contributed by atoms with E-state index >= 15 is 0 Å². The van der Waals surface area contributed by atoms with Crippen molar-refractivity contribution < 1.29 is 18.5 Å². The molecule has 0 aromatic carbocycles. The molecule has 2 heterocycles. The van der Waals surface area contributed by atoms with Crippen molar-refractivity contribution in [2.75, 3.05) is 11.9 Å². The lowest BCUT2D eigenvalue weighted by Crippen LogP contribution is -2.36. The van der Waals surface area contributed by atoms with Gasteiger partial charge in [0.25, 0.3) is 0 Å². The molecule has 2 N–H and O–H groups in total. The number of aryl methyl sites for hydroxylation is 1. The van der Waals surface area contributed by atoms with E-state index in [9.17, 15) is 9.59 Å². The standard InChI is InChI=1S/C12H13N3O4/c1-8-6-10(15-19-8)14-12(17)11(16)13-4-2-9-3-5-18-7-9/h3,5-7H,2,4H2,1H3,(H,13,16)(H,14,15,17). The first-order valence-electron chi connectivity index (χ1n) is 5.69. The van der Waals surface area contributed by atoms with Gasteiger partial charge in [-0.1, -0.05) is 5.16 Å². The number of hydrogen-bond donors (Lipinski definition) is 2. The van der Waals surface area contributed by atoms with E-state index in [1.807, 2.05) is 0 Å². The normalized spacial score (nSPS) is 10.2. The molecule has 2 aromatic heterocycles. The Bertz CT molecular complexity index is 559. The van der Waals surface area contributed by atoms with Crippen molar-refractivity contribution in [2.45, 2.75) is 13.3 Å². The van der Waals surface area contributed by atoms with Crippen LogP contribution in [-0.2, 0) is 16.0 Å². The molecule has 0 bridgehead atoms. The summed E-state index contributed by atoms with van der Waals surface area (Å²) >= 11 is 0. The van der Waals surface area contributed by atoms with Crippen LogP contribution in [0.15, 0.2) is 33.6 Å². The third kappa shape index (κ3) is 3.70. The van der Waals surface area contributed by atoms with E-state index in [1.165, 1.54) is 6.07 Å². The quantitative estimate of drug-likeness (QED) is 0.798. The van der Waals surface area contributed by atoms with Gasteiger partial charge in [0.05, 0.1) is 12.5 Å². The van der Waals surface area contributed by atoms with Gasteiger partial charge in [0.1, 0.15) is 5.76 Å². The zero-order valence-corrected chi connectivity index (χ0v) is 10.3. The topological polar surface area (TPSA) is 97.4 Å². The van der Waals surface area contributed by atoms with E-state index in [2.05, 4.69) is 15.8 Å². The number of carbonyl (C=O) groups is 2. The zero-order chi connectivity index (χ0) is 13.7. The smallest absolute Gasteiger partial charge is 0.314 e. The predicted octanol–water partition coefficient (Wildman–Crippen LogP) is 0.873. The molecule has 19 heavy (non-hydrogen) atoms. The van der Waals surface area contributed by atoms with Crippen molar-refractivity contribution >= 4 is 17.6 Å². The van der Waals surface area contributed by atoms with Crippen LogP contribution in [0.1, 0.15) is 11.3 Å². The molecular formula is C12H13N3O4. The molecule has 0 saturated heterocycles. The second-order valence-corrected chi connectivity index (χ2v) is 3.91. The Morgan fingerprint density at radius 2 is 2.21 bits per heavy atom. The lowest BCUT2D eigenvalue weighted by molar-refractivity contribution is -0.136. The molecule has 0 spiro atoms. The number of hydrogen-bond acceptors (Lipinski definition) is 5. The zero-order valence-electron chi connectivity index (χ0n) is 10.3. The van der Waals surface area contributed by atoms with Crippen molar-refractivity contribution in [2.24, 2.45) is 0 Å². The molecule has 0 aliphatic rings. The Morgan fingerprint density at radius 1 is 1.37 bits per heavy atom. The molecule has 2 aromatic rings. The Hall–Kier alpha value is -2.57. The van der Waals surface area contributed by atoms with E-state index in [4.69, 9.17) is 8.94 Å². The van der Waals surface area contributed by atoms with Crippen molar-refractivity contribution in [1.82, 2.24) is 10.5 Å². The summed E-state index contributed by atoms with van der Waals surface area (Å²) in [5.41, 5.74) is 0.952. The van der Waals surface area contributed by atoms with Crippen LogP contribution in [0.5, 0.6) is 0 Å². The summed E-state index contributed by atoms with van der Waals surface area (Å²) in [4.78, 5) is 23.0. The molecule has 7 heteroatoms. The first-order chi connectivity index (χ1) is 9.15. The molecule has 0 saturated carbocycles. The van der Waals surface area contributed by atoms with Crippen LogP contribution >= 0.6 is 0 Å². The molecule has 0 aliphatic carbocycles. The minimum absolute atomic E-state index is 0.215. The van der Waals surface area contributed by atoms with Gasteiger partial charge in [-0.25, -0.2) is 0 Å². The third-order valence-electron chi connectivity index (χ3n) is 2.36. The number of nitrogens with one attached hydrogen (secondary N) is 2. The fourth-order valence-corrected chi connectivity index (χ4v) is 1.43. The number of carbonyl (C=O) groups excluding carboxylic acids is 2. The number of amides is 2. The van der Waals surface area contributed by atoms with Gasteiger partial charge in [0.2, 0.25) is 0 Å². The summed E-state index contributed by atoms with van der Waals surface area (Å²) in [6.45, 7) is 2.04. The maximum absolute atomic E-state index is 11.5. The number of rotatable bonds is 4. The van der Waals surface area contributed by atoms with Gasteiger partial charge in [-0.3, -0.25) is 14.9 Å². The molecule has 0 fully saturated rings. The SMILES string of the molecule is Cc1cc(NC(=O)C(=O)NCCc2ccoc2)no1. The lowest BCUT2D eigenvalue weighted by atomic mass is 10.2. The minimum Gasteiger partial charge on any atom is -0.472 e. The van der Waals surface area contributed by atoms with Gasteiger partial charge in [-0.15, -0.1) is 0 Å². The van der Waals surface area contributed by atoms with Crippen LogP contribution in [0.25, 0.3) is 0 Å². The van der Waals surface area contributed by atoms with Crippen molar-refractivity contribution in [3.8, 4) is 0 Å². The van der Waals surface area contributed by atoms with Crippen LogP contribution in [0.4, 0.5) is 5.82 Å². The van der Waals surface area contributed by atoms with Gasteiger partial charge in [-0.05, 0) is 25.0 Å². The summed E-state index contributed by atoms with van der Waals surface area (Å²) in [5, 5.41) is 8.39. The van der Waals surface area contributed by atoms with Gasteiger partial charge in [0, 0.05) is 12.6 Å². The average molecular weight is 263 g/mol. The minimum atomic E-state index is -0.777. The molecule has 0 unspecified atom stereocenters. The summed E-state index contributed by atoms with van der Waals surface area (Å²) in [6.07, 6.45) is 3.74. The number of nitrogens with zero attached hydrogens (tertiary/aromatic N) is 1. The first-order valence-corrected chi connectivity index (χ1v) is 5.69. The Kier molecular flexibility index (Phi) is 3.97. The largest absolute Gasteiger partial charge is 0.472 e. The van der Waals surface area contributed by atoms with Gasteiger partial charge in [-0.2, -0.15) is 0 Å². The summed E-state index contributed by atoms with van der Waals surface area (Å²) in [7, 11) is 0. The van der Waals surface area contributed by atoms with Gasteiger partial charge in [0.15, 0.2) is 5.82 Å². The number of aromatic nitrogens is 1. The second kappa shape index (κ2) is 5.85. The van der Waals surface area contributed by atoms with Crippen molar-refractivity contribution in [3.63, 3.8) is 0 Å². The van der Waals surface area contributed by atoms with Crippen molar-refractivity contribution in [1.29, 1.82) is 0 Å². The summed E-state index contributed by atoms with van der Waals surface area (Å²) in [6, 6.07) is 3.32. The molecule has 7 nitrogen and oxygen atoms in total. The predicted molar refractivity (Wildman–Crippen MR) is 65.3 cm³/mol. The second-order valence-electron chi connectivity index (χ2n) is 3.91. The third-order valence-corrected chi connectivity index (χ3v) is 2.36. The fraction of sp³-hybridized carbons (Fsp3) is 0.250. The lowest BCUT2D eigenvalue weighted by Gasteiger charge is -2.03. The molecule has 0 atom stereocenters. The van der Waals surface area contributed by atoms with Crippen LogP contribution in [-0.4, -0.2) is 23.5 Å². The van der Waals surface area contributed by atoms with Gasteiger partial charge >= 0.3 is 11.8 Å². The molecule has 2 rings (SSSR count). The Morgan fingerprint density at radius 3 is 2.84 bits per heavy atom. The van der Waals surface area contributed by atoms with Gasteiger partial charge < -0.3 is 14.3 Å². The van der Waals surface area contributed by atoms with E-state index in [0.717, 1.165) is 5.56 Å². The van der Waals surface area contributed by atoms with E-state index in [-0.39, 0.29) is 5.82 Å². The molecule has 100 valence electrons. The van der Waals surface area contributed by atoms with Crippen molar-refractivity contribution in [3.05, 3.63) is 36.0 Å². The first kappa shape index (κ1) is 12.9.